The second kappa shape index (κ2) is 7.48. The second-order valence-corrected chi connectivity index (χ2v) is 6.10. The summed E-state index contributed by atoms with van der Waals surface area (Å²) < 4.78 is 49.2. The van der Waals surface area contributed by atoms with Crippen LogP contribution >= 0.6 is 0 Å². The van der Waals surface area contributed by atoms with Crippen LogP contribution in [0, 0.1) is 0 Å². The first-order valence-corrected chi connectivity index (χ1v) is 7.88. The average molecular weight is 376 g/mol. The Balaban J connectivity index is 2.43. The predicted molar refractivity (Wildman–Crippen MR) is 84.1 cm³/mol. The molecule has 0 bridgehead atoms. The van der Waals surface area contributed by atoms with E-state index in [2.05, 4.69) is 9.47 Å². The van der Waals surface area contributed by atoms with E-state index in [1.807, 2.05) is 0 Å². The number of pyridine rings is 1. The smallest absolute Gasteiger partial charge is 0.416 e. The highest BCUT2D eigenvalue weighted by Gasteiger charge is 2.44. The van der Waals surface area contributed by atoms with Gasteiger partial charge in [0.15, 0.2) is 6.10 Å². The summed E-state index contributed by atoms with van der Waals surface area (Å²) in [6, 6.07) is -0.196. The number of carbonyl (C=O) groups excluding carboxylic acids is 2. The Morgan fingerprint density at radius 3 is 2.42 bits per heavy atom. The van der Waals surface area contributed by atoms with Crippen molar-refractivity contribution in [2.24, 2.45) is 0 Å². The van der Waals surface area contributed by atoms with Gasteiger partial charge in [-0.25, -0.2) is 4.79 Å². The summed E-state index contributed by atoms with van der Waals surface area (Å²) in [5, 5.41) is 0. The molecule has 1 aliphatic rings. The maximum absolute atomic E-state index is 12.9. The highest BCUT2D eigenvalue weighted by Crippen LogP contribution is 2.26. The molecule has 0 aromatic carbocycles. The van der Waals surface area contributed by atoms with Gasteiger partial charge in [-0.1, -0.05) is 0 Å². The van der Waals surface area contributed by atoms with Gasteiger partial charge in [-0.15, -0.1) is 0 Å². The van der Waals surface area contributed by atoms with Crippen molar-refractivity contribution in [1.82, 2.24) is 9.47 Å². The van der Waals surface area contributed by atoms with E-state index in [4.69, 9.17) is 0 Å². The summed E-state index contributed by atoms with van der Waals surface area (Å²) in [6.45, 7) is 2.41. The minimum Gasteiger partial charge on any atom is -0.465 e. The van der Waals surface area contributed by atoms with Crippen LogP contribution in [-0.2, 0) is 9.47 Å². The zero-order valence-corrected chi connectivity index (χ0v) is 14.5. The van der Waals surface area contributed by atoms with Crippen molar-refractivity contribution in [3.8, 4) is 0 Å². The van der Waals surface area contributed by atoms with Crippen LogP contribution in [0.5, 0.6) is 0 Å². The molecular weight excluding hydrogens is 357 g/mol. The predicted octanol–water partition coefficient (Wildman–Crippen LogP) is 1.62. The highest BCUT2D eigenvalue weighted by atomic mass is 19.4. The molecule has 0 N–H and O–H groups in total. The summed E-state index contributed by atoms with van der Waals surface area (Å²) in [7, 11) is 1.09. The molecule has 1 aliphatic heterocycles. The van der Waals surface area contributed by atoms with Crippen molar-refractivity contribution in [3.63, 3.8) is 0 Å². The molecule has 7 nitrogen and oxygen atoms in total. The molecular formula is C16H19F3N2O5. The van der Waals surface area contributed by atoms with E-state index in [-0.39, 0.29) is 30.3 Å². The molecule has 2 rings (SSSR count). The monoisotopic (exact) mass is 376 g/mol. The van der Waals surface area contributed by atoms with Crippen molar-refractivity contribution in [2.75, 3.05) is 26.8 Å². The lowest BCUT2D eigenvalue weighted by Crippen LogP contribution is -2.52. The lowest BCUT2D eigenvalue weighted by atomic mass is 10.1. The van der Waals surface area contributed by atoms with Crippen molar-refractivity contribution in [1.29, 1.82) is 0 Å². The summed E-state index contributed by atoms with van der Waals surface area (Å²) in [6.07, 6.45) is -4.24. The first-order chi connectivity index (χ1) is 12.1. The van der Waals surface area contributed by atoms with Crippen LogP contribution in [0.2, 0.25) is 0 Å². The van der Waals surface area contributed by atoms with Crippen molar-refractivity contribution in [3.05, 3.63) is 33.7 Å². The molecule has 0 unspecified atom stereocenters. The molecule has 0 spiro atoms. The standard InChI is InChI=1S/C16H19F3N2O5/c1-9(2)21-6-10(13(22)11(7-21)15(24)25-3)14(23)20-4-5-26-12(8-20)16(17,18)19/h6-7,9,12H,4-5,8H2,1-3H3/t12-/m0/s1. The maximum Gasteiger partial charge on any atom is 0.416 e. The van der Waals surface area contributed by atoms with Crippen molar-refractivity contribution >= 4 is 11.9 Å². The lowest BCUT2D eigenvalue weighted by Gasteiger charge is -2.33. The van der Waals surface area contributed by atoms with Crippen molar-refractivity contribution < 1.29 is 32.2 Å². The Bertz CT molecular complexity index is 757. The molecule has 0 radical (unpaired) electrons. The topological polar surface area (TPSA) is 77.8 Å². The van der Waals surface area contributed by atoms with Crippen LogP contribution in [0.15, 0.2) is 17.2 Å². The van der Waals surface area contributed by atoms with Gasteiger partial charge in [-0.05, 0) is 13.8 Å². The third kappa shape index (κ3) is 4.06. The largest absolute Gasteiger partial charge is 0.465 e. The Hall–Kier alpha value is -2.36. The fourth-order valence-corrected chi connectivity index (χ4v) is 2.51. The Morgan fingerprint density at radius 2 is 1.88 bits per heavy atom. The van der Waals surface area contributed by atoms with Crippen LogP contribution in [0.1, 0.15) is 40.6 Å². The van der Waals surface area contributed by atoms with Crippen LogP contribution in [0.25, 0.3) is 0 Å². The van der Waals surface area contributed by atoms with Crippen LogP contribution < -0.4 is 5.43 Å². The number of rotatable bonds is 3. The van der Waals surface area contributed by atoms with Gasteiger partial charge in [-0.2, -0.15) is 13.2 Å². The van der Waals surface area contributed by atoms with Crippen LogP contribution in [-0.4, -0.2) is 60.4 Å². The molecule has 1 atom stereocenters. The van der Waals surface area contributed by atoms with Gasteiger partial charge < -0.3 is 18.9 Å². The van der Waals surface area contributed by atoms with Crippen LogP contribution in [0.3, 0.4) is 0 Å². The van der Waals surface area contributed by atoms with Gasteiger partial charge in [0, 0.05) is 25.0 Å². The number of hydrogen-bond acceptors (Lipinski definition) is 5. The number of halogens is 3. The van der Waals surface area contributed by atoms with E-state index in [0.29, 0.717) is 0 Å². The molecule has 1 aromatic rings. The number of nitrogens with zero attached hydrogens (tertiary/aromatic N) is 2. The molecule has 1 amide bonds. The fraction of sp³-hybridized carbons (Fsp3) is 0.562. The number of esters is 1. The zero-order valence-electron chi connectivity index (χ0n) is 14.5. The number of aromatic nitrogens is 1. The number of hydrogen-bond donors (Lipinski definition) is 0. The molecule has 1 saturated heterocycles. The molecule has 0 aliphatic carbocycles. The van der Waals surface area contributed by atoms with Crippen molar-refractivity contribution in [2.45, 2.75) is 32.2 Å². The Kier molecular flexibility index (Phi) is 5.74. The summed E-state index contributed by atoms with van der Waals surface area (Å²) >= 11 is 0. The van der Waals surface area contributed by atoms with Gasteiger partial charge >= 0.3 is 12.1 Å². The normalized spacial score (nSPS) is 18.1. The lowest BCUT2D eigenvalue weighted by molar-refractivity contribution is -0.233. The van der Waals surface area contributed by atoms with E-state index in [1.165, 1.54) is 17.0 Å². The van der Waals surface area contributed by atoms with E-state index < -0.39 is 36.1 Å². The maximum atomic E-state index is 12.9. The molecule has 26 heavy (non-hydrogen) atoms. The fourth-order valence-electron chi connectivity index (χ4n) is 2.51. The number of morpholine rings is 1. The van der Waals surface area contributed by atoms with E-state index in [1.54, 1.807) is 13.8 Å². The van der Waals surface area contributed by atoms with Gasteiger partial charge in [0.05, 0.1) is 20.3 Å². The Labute approximate surface area is 147 Å². The van der Waals surface area contributed by atoms with Gasteiger partial charge in [0.2, 0.25) is 5.43 Å². The summed E-state index contributed by atoms with van der Waals surface area (Å²) in [4.78, 5) is 37.9. The molecule has 144 valence electrons. The SMILES string of the molecule is COC(=O)c1cn(C(C)C)cc(C(=O)N2CCO[C@H](C(F)(F)F)C2)c1=O. The third-order valence-electron chi connectivity index (χ3n) is 4.00. The van der Waals surface area contributed by atoms with Gasteiger partial charge in [0.25, 0.3) is 5.91 Å². The number of amides is 1. The molecule has 0 saturated carbocycles. The number of alkyl halides is 3. The molecule has 1 fully saturated rings. The Morgan fingerprint density at radius 1 is 1.27 bits per heavy atom. The van der Waals surface area contributed by atoms with Gasteiger partial charge in [-0.3, -0.25) is 9.59 Å². The summed E-state index contributed by atoms with van der Waals surface area (Å²) in [5.41, 5.74) is -1.62. The quantitative estimate of drug-likeness (QED) is 0.750. The molecule has 10 heteroatoms. The van der Waals surface area contributed by atoms with E-state index >= 15 is 0 Å². The third-order valence-corrected chi connectivity index (χ3v) is 4.00. The first kappa shape index (κ1) is 20.0. The minimum atomic E-state index is -4.62. The number of ether oxygens (including phenoxy) is 2. The van der Waals surface area contributed by atoms with E-state index in [9.17, 15) is 27.6 Å². The van der Waals surface area contributed by atoms with Crippen LogP contribution in [0.4, 0.5) is 13.2 Å². The number of carbonyl (C=O) groups is 2. The average Bonchev–Trinajstić information content (AvgIpc) is 2.59. The van der Waals surface area contributed by atoms with Gasteiger partial charge in [0.1, 0.15) is 11.1 Å². The summed E-state index contributed by atoms with van der Waals surface area (Å²) in [5.74, 6) is -1.80. The molecule has 2 heterocycles. The highest BCUT2D eigenvalue weighted by molar-refractivity contribution is 5.97. The second-order valence-electron chi connectivity index (χ2n) is 6.10. The first-order valence-electron chi connectivity index (χ1n) is 7.88. The minimum absolute atomic E-state index is 0.0883. The van der Waals surface area contributed by atoms with E-state index in [0.717, 1.165) is 12.0 Å². The number of methoxy groups -OCH3 is 1. The molecule has 1 aromatic heterocycles. The zero-order chi connectivity index (χ0) is 19.6.